The number of carbonyl (C=O) groups is 1. The summed E-state index contributed by atoms with van der Waals surface area (Å²) in [6, 6.07) is 7.68. The maximum absolute atomic E-state index is 10.4. The van der Waals surface area contributed by atoms with Gasteiger partial charge in [-0.25, -0.2) is 0 Å². The Hall–Kier alpha value is -1.77. The number of hydrogen-bond acceptors (Lipinski definition) is 1. The van der Waals surface area contributed by atoms with Gasteiger partial charge in [-0.3, -0.25) is 4.79 Å². The van der Waals surface area contributed by atoms with E-state index in [-0.39, 0.29) is 0 Å². The molecule has 0 bridgehead atoms. The number of carbonyl (C=O) groups excluding carboxylic acids is 1. The Bertz CT molecular complexity index is 598. The minimum atomic E-state index is 0.695. The van der Waals surface area contributed by atoms with E-state index >= 15 is 0 Å². The van der Waals surface area contributed by atoms with Crippen molar-refractivity contribution in [2.75, 3.05) is 0 Å². The summed E-state index contributed by atoms with van der Waals surface area (Å²) >= 11 is 0. The average molecular weight is 181 g/mol. The van der Waals surface area contributed by atoms with Gasteiger partial charge in [0.2, 0.25) is 7.98 Å². The summed E-state index contributed by atoms with van der Waals surface area (Å²) in [6.07, 6.45) is 2.17. The number of nitrogens with zero attached hydrogens (tertiary/aromatic N) is 1. The van der Waals surface area contributed by atoms with Gasteiger partial charge in [0.1, 0.15) is 6.29 Å². The van der Waals surface area contributed by atoms with Crippen LogP contribution in [0.3, 0.4) is 0 Å². The van der Waals surface area contributed by atoms with Crippen molar-refractivity contribution >= 4 is 37.7 Å². The molecule has 2 nitrogen and oxygen atoms in total. The summed E-state index contributed by atoms with van der Waals surface area (Å²) in [5.41, 5.74) is 0. The highest BCUT2D eigenvalue weighted by molar-refractivity contribution is 6.09. The lowest BCUT2D eigenvalue weighted by molar-refractivity contribution is -0.103. The van der Waals surface area contributed by atoms with E-state index in [1.807, 2.05) is 24.3 Å². The Morgan fingerprint density at radius 2 is 1.93 bits per heavy atom. The van der Waals surface area contributed by atoms with Crippen molar-refractivity contribution in [2.45, 2.75) is 0 Å². The molecule has 0 saturated carbocycles. The fraction of sp³-hybridized carbons (Fsp3) is 0. The molecule has 1 aromatic heterocycles. The summed E-state index contributed by atoms with van der Waals surface area (Å²) in [6.45, 7) is 3.85. The highest BCUT2D eigenvalue weighted by atomic mass is 16.1. The molecule has 0 spiro atoms. The summed E-state index contributed by atoms with van der Waals surface area (Å²) in [5.74, 6) is 0. The van der Waals surface area contributed by atoms with Crippen LogP contribution in [0.5, 0.6) is 0 Å². The molecule has 0 unspecified atom stereocenters. The van der Waals surface area contributed by atoms with Crippen molar-refractivity contribution in [3.63, 3.8) is 0 Å². The van der Waals surface area contributed by atoms with Crippen LogP contribution in [0.2, 0.25) is 0 Å². The first-order valence-corrected chi connectivity index (χ1v) is 4.24. The van der Waals surface area contributed by atoms with Gasteiger partial charge in [-0.05, 0) is 0 Å². The maximum atomic E-state index is 10.4. The largest absolute Gasteiger partial charge is 0.397 e. The van der Waals surface area contributed by atoms with Crippen LogP contribution in [-0.2, 0) is 4.79 Å². The number of aldehydes is 1. The molecule has 2 aromatic rings. The molecule has 66 valence electrons. The number of rotatable bonds is 1. The third-order valence-electron chi connectivity index (χ3n) is 2.29. The summed E-state index contributed by atoms with van der Waals surface area (Å²) in [7, 11) is 5.77. The van der Waals surface area contributed by atoms with Gasteiger partial charge < -0.3 is 4.48 Å². The topological polar surface area (TPSA) is 22.0 Å². The van der Waals surface area contributed by atoms with Crippen molar-refractivity contribution in [1.29, 1.82) is 0 Å². The third-order valence-corrected chi connectivity index (χ3v) is 2.29. The second kappa shape index (κ2) is 3.18. The highest BCUT2D eigenvalue weighted by Crippen LogP contribution is 2.03. The Balaban J connectivity index is 3.11. The second-order valence-corrected chi connectivity index (χ2v) is 3.05. The van der Waals surface area contributed by atoms with Gasteiger partial charge in [0.25, 0.3) is 0 Å². The van der Waals surface area contributed by atoms with Crippen LogP contribution in [0.4, 0.5) is 0 Å². The predicted molar refractivity (Wildman–Crippen MR) is 58.4 cm³/mol. The number of benzene rings is 1. The molecule has 0 saturated heterocycles. The van der Waals surface area contributed by atoms with Crippen LogP contribution >= 0.6 is 0 Å². The Morgan fingerprint density at radius 3 is 2.57 bits per heavy atom. The molecule has 0 atom stereocenters. The number of aromatic nitrogens is 1. The lowest BCUT2D eigenvalue weighted by atomic mass is 10.2. The van der Waals surface area contributed by atoms with E-state index in [9.17, 15) is 4.79 Å². The molecule has 0 amide bonds. The van der Waals surface area contributed by atoms with E-state index in [4.69, 9.17) is 7.98 Å². The zero-order chi connectivity index (χ0) is 10.1. The molecule has 0 aliphatic rings. The van der Waals surface area contributed by atoms with E-state index in [0.717, 1.165) is 17.1 Å². The van der Waals surface area contributed by atoms with Gasteiger partial charge in [-0.15, -0.1) is 0 Å². The monoisotopic (exact) mass is 181 g/mol. The average Bonchev–Trinajstić information content (AvgIpc) is 2.45. The normalized spacial score (nSPS) is 12.1. The SMILES string of the molecule is [B]n1c(=C)c2ccccc2c1=CC=O. The smallest absolute Gasteiger partial charge is 0.234 e. The van der Waals surface area contributed by atoms with E-state index in [1.54, 1.807) is 0 Å². The fourth-order valence-corrected chi connectivity index (χ4v) is 1.60. The minimum Gasteiger partial charge on any atom is -0.397 e. The Labute approximate surface area is 82.6 Å². The zero-order valence-corrected chi connectivity index (χ0v) is 7.60. The summed E-state index contributed by atoms with van der Waals surface area (Å²) < 4.78 is 1.43. The van der Waals surface area contributed by atoms with Crippen LogP contribution in [-0.4, -0.2) is 18.7 Å². The minimum absolute atomic E-state index is 0.695. The lowest BCUT2D eigenvalue weighted by Gasteiger charge is -1.89. The van der Waals surface area contributed by atoms with Crippen molar-refractivity contribution in [2.24, 2.45) is 0 Å². The second-order valence-electron chi connectivity index (χ2n) is 3.05. The van der Waals surface area contributed by atoms with Crippen LogP contribution in [0, 0.1) is 0 Å². The first-order chi connectivity index (χ1) is 6.75. The molecule has 0 N–H and O–H groups in total. The van der Waals surface area contributed by atoms with Crippen LogP contribution in [0.1, 0.15) is 0 Å². The summed E-state index contributed by atoms with van der Waals surface area (Å²) in [5, 5.41) is 3.34. The molecule has 0 fully saturated rings. The van der Waals surface area contributed by atoms with Crippen LogP contribution in [0.25, 0.3) is 23.4 Å². The number of fused-ring (bicyclic) bond motifs is 1. The molecule has 0 aliphatic carbocycles. The van der Waals surface area contributed by atoms with Crippen LogP contribution in [0.15, 0.2) is 24.3 Å². The van der Waals surface area contributed by atoms with Gasteiger partial charge in [0, 0.05) is 27.5 Å². The van der Waals surface area contributed by atoms with E-state index in [2.05, 4.69) is 6.58 Å². The molecule has 1 heterocycles. The molecule has 1 aromatic carbocycles. The van der Waals surface area contributed by atoms with Gasteiger partial charge in [-0.2, -0.15) is 0 Å². The van der Waals surface area contributed by atoms with E-state index in [1.165, 1.54) is 10.6 Å². The van der Waals surface area contributed by atoms with Gasteiger partial charge in [0.05, 0.1) is 0 Å². The van der Waals surface area contributed by atoms with E-state index < -0.39 is 0 Å². The quantitative estimate of drug-likeness (QED) is 0.447. The molecule has 2 rings (SSSR count). The molecular weight excluding hydrogens is 173 g/mol. The van der Waals surface area contributed by atoms with Crippen molar-refractivity contribution in [3.05, 3.63) is 35.0 Å². The molecule has 3 heteroatoms. The molecule has 0 aliphatic heterocycles. The standard InChI is InChI=1S/C11H8BNO/c1-8-9-4-2-3-5-10(9)11(6-7-14)13(8)12/h2-7H,1H2. The first kappa shape index (κ1) is 8.82. The van der Waals surface area contributed by atoms with Crippen molar-refractivity contribution < 1.29 is 4.79 Å². The summed E-state index contributed by atoms with van der Waals surface area (Å²) in [4.78, 5) is 10.4. The van der Waals surface area contributed by atoms with Gasteiger partial charge in [-0.1, -0.05) is 30.8 Å². The molecular formula is C11H8BNO. The first-order valence-electron chi connectivity index (χ1n) is 4.24. The molecule has 2 radical (unpaired) electrons. The van der Waals surface area contributed by atoms with Gasteiger partial charge >= 0.3 is 0 Å². The Morgan fingerprint density at radius 1 is 1.29 bits per heavy atom. The van der Waals surface area contributed by atoms with Crippen molar-refractivity contribution in [1.82, 2.24) is 4.48 Å². The van der Waals surface area contributed by atoms with Gasteiger partial charge in [0.15, 0.2) is 0 Å². The lowest BCUT2D eigenvalue weighted by Crippen LogP contribution is -2.24. The van der Waals surface area contributed by atoms with Crippen LogP contribution < -0.4 is 10.7 Å². The highest BCUT2D eigenvalue weighted by Gasteiger charge is 2.00. The fourth-order valence-electron chi connectivity index (χ4n) is 1.60. The third kappa shape index (κ3) is 1.09. The van der Waals surface area contributed by atoms with Crippen molar-refractivity contribution in [3.8, 4) is 0 Å². The molecule has 14 heavy (non-hydrogen) atoms. The zero-order valence-electron chi connectivity index (χ0n) is 7.60. The predicted octanol–water partition coefficient (Wildman–Crippen LogP) is -0.0374. The van der Waals surface area contributed by atoms with E-state index in [0.29, 0.717) is 10.7 Å². The Kier molecular flexibility index (Phi) is 2.00. The number of hydrogen-bond donors (Lipinski definition) is 0. The maximum Gasteiger partial charge on any atom is 0.234 e.